The van der Waals surface area contributed by atoms with Gasteiger partial charge in [-0.1, -0.05) is 12.1 Å². The third kappa shape index (κ3) is 2.83. The normalized spacial score (nSPS) is 22.7. The number of benzene rings is 1. The first kappa shape index (κ1) is 13.9. The van der Waals surface area contributed by atoms with Gasteiger partial charge in [0.05, 0.1) is 24.9 Å². The van der Waals surface area contributed by atoms with Crippen LogP contribution in [0.4, 0.5) is 10.5 Å². The number of ether oxygens (including phenoxy) is 1. The van der Waals surface area contributed by atoms with Crippen molar-refractivity contribution in [3.63, 3.8) is 0 Å². The zero-order chi connectivity index (χ0) is 14.1. The maximum atomic E-state index is 12.5. The number of amides is 2. The summed E-state index contributed by atoms with van der Waals surface area (Å²) < 4.78 is 6.47. The molecule has 1 N–H and O–H groups in total. The summed E-state index contributed by atoms with van der Waals surface area (Å²) in [4.78, 5) is 14.5. The van der Waals surface area contributed by atoms with Crippen LogP contribution in [0, 0.1) is 12.8 Å². The van der Waals surface area contributed by atoms with Crippen molar-refractivity contribution in [2.45, 2.75) is 25.8 Å². The van der Waals surface area contributed by atoms with Gasteiger partial charge < -0.3 is 15.0 Å². The Kier molecular flexibility index (Phi) is 3.98. The lowest BCUT2D eigenvalue weighted by atomic mass is 10.1. The van der Waals surface area contributed by atoms with E-state index in [4.69, 9.17) is 4.74 Å². The molecule has 1 aliphatic heterocycles. The van der Waals surface area contributed by atoms with E-state index in [1.54, 1.807) is 0 Å². The Labute approximate surface area is 127 Å². The molecule has 0 spiro atoms. The molecular weight excluding hydrogens is 320 g/mol. The van der Waals surface area contributed by atoms with Crippen molar-refractivity contribution in [3.8, 4) is 0 Å². The van der Waals surface area contributed by atoms with Crippen molar-refractivity contribution in [2.24, 2.45) is 5.92 Å². The highest BCUT2D eigenvalue weighted by atomic mass is 79.9. The number of halogens is 1. The first-order chi connectivity index (χ1) is 9.66. The van der Waals surface area contributed by atoms with Gasteiger partial charge in [-0.05, 0) is 53.2 Å². The van der Waals surface area contributed by atoms with Gasteiger partial charge in [0.1, 0.15) is 0 Å². The van der Waals surface area contributed by atoms with E-state index in [0.29, 0.717) is 25.7 Å². The van der Waals surface area contributed by atoms with Gasteiger partial charge in [0, 0.05) is 11.0 Å². The highest BCUT2D eigenvalue weighted by Crippen LogP contribution is 2.37. The van der Waals surface area contributed by atoms with Crippen LogP contribution in [0.3, 0.4) is 0 Å². The molecule has 5 heteroatoms. The predicted octanol–water partition coefficient (Wildman–Crippen LogP) is 3.40. The zero-order valence-corrected chi connectivity index (χ0v) is 13.1. The second-order valence-electron chi connectivity index (χ2n) is 5.54. The molecule has 0 aromatic heterocycles. The molecule has 4 nitrogen and oxygen atoms in total. The first-order valence-corrected chi connectivity index (χ1v) is 7.86. The highest BCUT2D eigenvalue weighted by Gasteiger charge is 2.39. The molecule has 20 heavy (non-hydrogen) atoms. The molecule has 1 saturated carbocycles. The van der Waals surface area contributed by atoms with Gasteiger partial charge in [-0.25, -0.2) is 4.79 Å². The van der Waals surface area contributed by atoms with E-state index in [2.05, 4.69) is 21.2 Å². The van der Waals surface area contributed by atoms with Crippen LogP contribution in [-0.2, 0) is 4.74 Å². The number of carbonyl (C=O) groups excluding carboxylic acids is 1. The van der Waals surface area contributed by atoms with Crippen molar-refractivity contribution in [2.75, 3.05) is 25.1 Å². The fraction of sp³-hybridized carbons (Fsp3) is 0.533. The molecule has 1 aliphatic carbocycles. The molecule has 0 bridgehead atoms. The number of aryl methyl sites for hydroxylation is 1. The van der Waals surface area contributed by atoms with Crippen molar-refractivity contribution >= 4 is 27.6 Å². The molecular formula is C15H19BrN2O2. The highest BCUT2D eigenvalue weighted by molar-refractivity contribution is 9.10. The molecule has 1 aromatic carbocycles. The number of carbonyl (C=O) groups is 1. The van der Waals surface area contributed by atoms with E-state index in [9.17, 15) is 4.79 Å². The number of hydrogen-bond acceptors (Lipinski definition) is 2. The summed E-state index contributed by atoms with van der Waals surface area (Å²) in [5, 5.41) is 3.02. The monoisotopic (exact) mass is 338 g/mol. The Morgan fingerprint density at radius 2 is 2.25 bits per heavy atom. The van der Waals surface area contributed by atoms with Crippen molar-refractivity contribution in [1.29, 1.82) is 0 Å². The zero-order valence-electron chi connectivity index (χ0n) is 11.6. The Morgan fingerprint density at radius 3 is 3.00 bits per heavy atom. The summed E-state index contributed by atoms with van der Waals surface area (Å²) in [6.07, 6.45) is 2.43. The average molecular weight is 339 g/mol. The van der Waals surface area contributed by atoms with Crippen LogP contribution in [0.15, 0.2) is 22.7 Å². The summed E-state index contributed by atoms with van der Waals surface area (Å²) in [6, 6.07) is 6.11. The Balaban J connectivity index is 1.72. The summed E-state index contributed by atoms with van der Waals surface area (Å²) >= 11 is 3.53. The summed E-state index contributed by atoms with van der Waals surface area (Å²) in [6.45, 7) is 4.00. The number of nitrogens with zero attached hydrogens (tertiary/aromatic N) is 1. The third-order valence-electron chi connectivity index (χ3n) is 4.03. The van der Waals surface area contributed by atoms with Crippen molar-refractivity contribution < 1.29 is 9.53 Å². The molecule has 2 aliphatic rings. The minimum Gasteiger partial charge on any atom is -0.377 e. The van der Waals surface area contributed by atoms with Crippen LogP contribution < -0.4 is 5.32 Å². The maximum absolute atomic E-state index is 12.5. The number of morpholine rings is 1. The molecule has 1 aromatic rings. The van der Waals surface area contributed by atoms with E-state index in [1.807, 2.05) is 30.0 Å². The van der Waals surface area contributed by atoms with Crippen LogP contribution >= 0.6 is 15.9 Å². The van der Waals surface area contributed by atoms with Gasteiger partial charge in [-0.2, -0.15) is 0 Å². The van der Waals surface area contributed by atoms with E-state index < -0.39 is 0 Å². The number of anilines is 1. The van der Waals surface area contributed by atoms with Gasteiger partial charge >= 0.3 is 6.03 Å². The average Bonchev–Trinajstić information content (AvgIpc) is 3.28. The Bertz CT molecular complexity index is 517. The van der Waals surface area contributed by atoms with Gasteiger partial charge in [-0.15, -0.1) is 0 Å². The second kappa shape index (κ2) is 5.74. The van der Waals surface area contributed by atoms with E-state index in [1.165, 1.54) is 12.8 Å². The molecule has 3 rings (SSSR count). The Hall–Kier alpha value is -1.07. The van der Waals surface area contributed by atoms with E-state index in [0.717, 1.165) is 15.7 Å². The van der Waals surface area contributed by atoms with Crippen LogP contribution in [0.5, 0.6) is 0 Å². The smallest absolute Gasteiger partial charge is 0.322 e. The predicted molar refractivity (Wildman–Crippen MR) is 81.9 cm³/mol. The lowest BCUT2D eigenvalue weighted by molar-refractivity contribution is 0.00772. The Morgan fingerprint density at radius 1 is 1.45 bits per heavy atom. The van der Waals surface area contributed by atoms with Gasteiger partial charge in [0.2, 0.25) is 0 Å². The standard InChI is InChI=1S/C15H19BrN2O2/c1-10-3-2-4-12(14(10)16)17-15(19)18-7-8-20-9-13(18)11-5-6-11/h2-4,11,13H,5-9H2,1H3,(H,17,19)/t13-/m0/s1. The van der Waals surface area contributed by atoms with Crippen LogP contribution in [0.1, 0.15) is 18.4 Å². The fourth-order valence-corrected chi connectivity index (χ4v) is 3.04. The SMILES string of the molecule is Cc1cccc(NC(=O)N2CCOC[C@H]2C2CC2)c1Br. The van der Waals surface area contributed by atoms with Gasteiger partial charge in [0.25, 0.3) is 0 Å². The van der Waals surface area contributed by atoms with Crippen LogP contribution in [0.2, 0.25) is 0 Å². The quantitative estimate of drug-likeness (QED) is 0.897. The first-order valence-electron chi connectivity index (χ1n) is 7.07. The van der Waals surface area contributed by atoms with Crippen LogP contribution in [0.25, 0.3) is 0 Å². The summed E-state index contributed by atoms with van der Waals surface area (Å²) in [5.74, 6) is 0.627. The molecule has 0 radical (unpaired) electrons. The molecule has 0 unspecified atom stereocenters. The summed E-state index contributed by atoms with van der Waals surface area (Å²) in [7, 11) is 0. The minimum atomic E-state index is -0.0171. The molecule has 1 atom stereocenters. The number of rotatable bonds is 2. The van der Waals surface area contributed by atoms with Crippen LogP contribution in [-0.4, -0.2) is 36.7 Å². The fourth-order valence-electron chi connectivity index (χ4n) is 2.68. The number of hydrogen-bond donors (Lipinski definition) is 1. The maximum Gasteiger partial charge on any atom is 0.322 e. The molecule has 2 fully saturated rings. The van der Waals surface area contributed by atoms with E-state index in [-0.39, 0.29) is 12.1 Å². The molecule has 1 heterocycles. The van der Waals surface area contributed by atoms with Crippen molar-refractivity contribution in [1.82, 2.24) is 4.90 Å². The second-order valence-corrected chi connectivity index (χ2v) is 6.33. The van der Waals surface area contributed by atoms with E-state index >= 15 is 0 Å². The summed E-state index contributed by atoms with van der Waals surface area (Å²) in [5.41, 5.74) is 1.94. The van der Waals surface area contributed by atoms with Gasteiger partial charge in [-0.3, -0.25) is 0 Å². The molecule has 2 amide bonds. The number of nitrogens with one attached hydrogen (secondary N) is 1. The van der Waals surface area contributed by atoms with Gasteiger partial charge in [0.15, 0.2) is 0 Å². The lowest BCUT2D eigenvalue weighted by Crippen LogP contribution is -2.51. The minimum absolute atomic E-state index is 0.0171. The molecule has 108 valence electrons. The van der Waals surface area contributed by atoms with Crippen molar-refractivity contribution in [3.05, 3.63) is 28.2 Å². The number of urea groups is 1. The largest absolute Gasteiger partial charge is 0.377 e. The third-order valence-corrected chi connectivity index (χ3v) is 5.08. The molecule has 1 saturated heterocycles. The topological polar surface area (TPSA) is 41.6 Å². The lowest BCUT2D eigenvalue weighted by Gasteiger charge is -2.35.